The first kappa shape index (κ1) is 21.6. The third-order valence-electron chi connectivity index (χ3n) is 4.45. The molecular weight excluding hydrogens is 434 g/mol. The maximum atomic E-state index is 13.4. The van der Waals surface area contributed by atoms with Crippen LogP contribution in [-0.2, 0) is 5.75 Å². The Morgan fingerprint density at radius 2 is 1.56 bits per heavy atom. The summed E-state index contributed by atoms with van der Waals surface area (Å²) in [5.74, 6) is -1.00. The number of thioether (sulfide) groups is 1. The average molecular weight is 452 g/mol. The molecule has 0 radical (unpaired) electrons. The van der Waals surface area contributed by atoms with E-state index in [1.54, 1.807) is 12.1 Å². The molecule has 7 nitrogen and oxygen atoms in total. The van der Waals surface area contributed by atoms with E-state index < -0.39 is 11.7 Å². The number of aryl methyl sites for hydroxylation is 2. The van der Waals surface area contributed by atoms with E-state index in [9.17, 15) is 13.6 Å². The lowest BCUT2D eigenvalue weighted by atomic mass is 10.2. The van der Waals surface area contributed by atoms with Gasteiger partial charge in [-0.3, -0.25) is 4.79 Å². The topological polar surface area (TPSA) is 85.6 Å². The standard InChI is InChI=1S/C22H18F2N6OS/c1-13-11-14(2)26-22(25-13)32-12-19-20(21(31)27-17-7-3-15(23)4-8-17)28-29-30(19)18-9-5-16(24)6-10-18/h3-11H,12H2,1-2H3,(H,27,31). The second-order valence-corrected chi connectivity index (χ2v) is 7.90. The summed E-state index contributed by atoms with van der Waals surface area (Å²) in [4.78, 5) is 21.7. The second kappa shape index (κ2) is 9.23. The van der Waals surface area contributed by atoms with Crippen LogP contribution in [0.4, 0.5) is 14.5 Å². The normalized spacial score (nSPS) is 10.9. The highest BCUT2D eigenvalue weighted by molar-refractivity contribution is 7.98. The molecule has 0 unspecified atom stereocenters. The average Bonchev–Trinajstić information content (AvgIpc) is 3.18. The molecule has 1 amide bonds. The van der Waals surface area contributed by atoms with E-state index in [2.05, 4.69) is 25.6 Å². The van der Waals surface area contributed by atoms with E-state index in [-0.39, 0.29) is 11.5 Å². The Morgan fingerprint density at radius 3 is 2.19 bits per heavy atom. The van der Waals surface area contributed by atoms with Gasteiger partial charge >= 0.3 is 0 Å². The smallest absolute Gasteiger partial charge is 0.278 e. The largest absolute Gasteiger partial charge is 0.321 e. The van der Waals surface area contributed by atoms with Gasteiger partial charge in [0.05, 0.1) is 11.4 Å². The van der Waals surface area contributed by atoms with Crippen LogP contribution in [0.15, 0.2) is 59.8 Å². The van der Waals surface area contributed by atoms with Gasteiger partial charge < -0.3 is 5.32 Å². The van der Waals surface area contributed by atoms with E-state index in [1.807, 2.05) is 19.9 Å². The molecule has 2 aromatic carbocycles. The summed E-state index contributed by atoms with van der Waals surface area (Å²) in [6.07, 6.45) is 0. The highest BCUT2D eigenvalue weighted by Crippen LogP contribution is 2.24. The van der Waals surface area contributed by atoms with Crippen LogP contribution in [-0.4, -0.2) is 30.9 Å². The number of carbonyl (C=O) groups is 1. The molecule has 0 aliphatic rings. The highest BCUT2D eigenvalue weighted by Gasteiger charge is 2.22. The van der Waals surface area contributed by atoms with Gasteiger partial charge in [0.15, 0.2) is 10.9 Å². The lowest BCUT2D eigenvalue weighted by Crippen LogP contribution is -2.15. The first-order chi connectivity index (χ1) is 15.4. The number of hydrogen-bond donors (Lipinski definition) is 1. The van der Waals surface area contributed by atoms with Crippen LogP contribution in [0.25, 0.3) is 5.69 Å². The minimum absolute atomic E-state index is 0.0931. The molecule has 4 rings (SSSR count). The molecule has 2 heterocycles. The van der Waals surface area contributed by atoms with Crippen molar-refractivity contribution < 1.29 is 13.6 Å². The van der Waals surface area contributed by atoms with Gasteiger partial charge in [0.1, 0.15) is 11.6 Å². The molecule has 0 aliphatic heterocycles. The molecule has 0 saturated carbocycles. The fraction of sp³-hybridized carbons (Fsp3) is 0.136. The summed E-state index contributed by atoms with van der Waals surface area (Å²) < 4.78 is 28.0. The molecule has 32 heavy (non-hydrogen) atoms. The summed E-state index contributed by atoms with van der Waals surface area (Å²) in [6, 6.07) is 13.0. The van der Waals surface area contributed by atoms with Crippen LogP contribution >= 0.6 is 11.8 Å². The van der Waals surface area contributed by atoms with Crippen molar-refractivity contribution in [2.45, 2.75) is 24.8 Å². The number of aromatic nitrogens is 5. The minimum atomic E-state index is -0.498. The van der Waals surface area contributed by atoms with Gasteiger partial charge in [0.25, 0.3) is 5.91 Å². The van der Waals surface area contributed by atoms with Crippen LogP contribution in [0.5, 0.6) is 0 Å². The SMILES string of the molecule is Cc1cc(C)nc(SCc2c(C(=O)Nc3ccc(F)cc3)nnn2-c2ccc(F)cc2)n1. The van der Waals surface area contributed by atoms with Crippen molar-refractivity contribution in [3.63, 3.8) is 0 Å². The number of nitrogens with one attached hydrogen (secondary N) is 1. The third-order valence-corrected chi connectivity index (χ3v) is 5.31. The summed E-state index contributed by atoms with van der Waals surface area (Å²) in [7, 11) is 0. The van der Waals surface area contributed by atoms with Crippen molar-refractivity contribution in [2.75, 3.05) is 5.32 Å². The first-order valence-corrected chi connectivity index (χ1v) is 10.6. The Balaban J connectivity index is 1.66. The number of benzene rings is 2. The Morgan fingerprint density at radius 1 is 0.969 bits per heavy atom. The molecule has 0 spiro atoms. The molecule has 0 aliphatic carbocycles. The van der Waals surface area contributed by atoms with Crippen LogP contribution < -0.4 is 5.32 Å². The van der Waals surface area contributed by atoms with Gasteiger partial charge in [-0.15, -0.1) is 5.10 Å². The van der Waals surface area contributed by atoms with E-state index in [0.29, 0.717) is 28.0 Å². The van der Waals surface area contributed by atoms with Gasteiger partial charge in [-0.05, 0) is 68.4 Å². The second-order valence-electron chi connectivity index (χ2n) is 6.96. The van der Waals surface area contributed by atoms with Crippen molar-refractivity contribution >= 4 is 23.4 Å². The maximum Gasteiger partial charge on any atom is 0.278 e. The van der Waals surface area contributed by atoms with E-state index >= 15 is 0 Å². The fourth-order valence-corrected chi connectivity index (χ4v) is 3.95. The predicted molar refractivity (Wildman–Crippen MR) is 117 cm³/mol. The number of rotatable bonds is 6. The summed E-state index contributed by atoms with van der Waals surface area (Å²) in [5, 5.41) is 11.4. The zero-order chi connectivity index (χ0) is 22.7. The maximum absolute atomic E-state index is 13.4. The van der Waals surface area contributed by atoms with Crippen LogP contribution in [0.1, 0.15) is 27.6 Å². The number of amides is 1. The number of anilines is 1. The van der Waals surface area contributed by atoms with Crippen molar-refractivity contribution in [3.8, 4) is 5.69 Å². The summed E-state index contributed by atoms with van der Waals surface area (Å²) in [5.41, 5.74) is 3.22. The van der Waals surface area contributed by atoms with Crippen molar-refractivity contribution in [1.82, 2.24) is 25.0 Å². The molecule has 162 valence electrons. The minimum Gasteiger partial charge on any atom is -0.321 e. The monoisotopic (exact) mass is 452 g/mol. The van der Waals surface area contributed by atoms with Gasteiger partial charge in [-0.1, -0.05) is 17.0 Å². The van der Waals surface area contributed by atoms with E-state index in [1.165, 1.54) is 52.8 Å². The molecule has 4 aromatic rings. The van der Waals surface area contributed by atoms with Crippen LogP contribution in [0.2, 0.25) is 0 Å². The Hall–Kier alpha value is -3.66. The molecule has 1 N–H and O–H groups in total. The zero-order valence-corrected chi connectivity index (χ0v) is 18.0. The van der Waals surface area contributed by atoms with Crippen molar-refractivity contribution in [1.29, 1.82) is 0 Å². The molecule has 0 bridgehead atoms. The third kappa shape index (κ3) is 4.97. The van der Waals surface area contributed by atoms with Crippen molar-refractivity contribution in [3.05, 3.63) is 89.0 Å². The summed E-state index contributed by atoms with van der Waals surface area (Å²) in [6.45, 7) is 3.76. The number of carbonyl (C=O) groups excluding carboxylic acids is 1. The zero-order valence-electron chi connectivity index (χ0n) is 17.2. The van der Waals surface area contributed by atoms with Gasteiger partial charge in [-0.2, -0.15) is 0 Å². The lowest BCUT2D eigenvalue weighted by molar-refractivity contribution is 0.102. The van der Waals surface area contributed by atoms with Crippen LogP contribution in [0.3, 0.4) is 0 Å². The highest BCUT2D eigenvalue weighted by atomic mass is 32.2. The molecule has 0 atom stereocenters. The van der Waals surface area contributed by atoms with Crippen molar-refractivity contribution in [2.24, 2.45) is 0 Å². The Bertz CT molecular complexity index is 1240. The Kier molecular flexibility index (Phi) is 6.22. The molecule has 0 saturated heterocycles. The fourth-order valence-electron chi connectivity index (χ4n) is 3.01. The molecular formula is C22H18F2N6OS. The van der Waals surface area contributed by atoms with Gasteiger partial charge in [-0.25, -0.2) is 23.4 Å². The Labute approximate surface area is 186 Å². The molecule has 0 fully saturated rings. The number of halogens is 2. The number of hydrogen-bond acceptors (Lipinski definition) is 6. The molecule has 2 aromatic heterocycles. The lowest BCUT2D eigenvalue weighted by Gasteiger charge is -2.09. The van der Waals surface area contributed by atoms with Crippen LogP contribution in [0, 0.1) is 25.5 Å². The molecule has 10 heteroatoms. The first-order valence-electron chi connectivity index (χ1n) is 9.61. The van der Waals surface area contributed by atoms with Gasteiger partial charge in [0, 0.05) is 22.8 Å². The quantitative estimate of drug-likeness (QED) is 0.343. The van der Waals surface area contributed by atoms with E-state index in [0.717, 1.165) is 11.4 Å². The van der Waals surface area contributed by atoms with Gasteiger partial charge in [0.2, 0.25) is 0 Å². The predicted octanol–water partition coefficient (Wildman–Crippen LogP) is 4.50. The van der Waals surface area contributed by atoms with E-state index in [4.69, 9.17) is 0 Å². The number of nitrogens with zero attached hydrogens (tertiary/aromatic N) is 5. The summed E-state index contributed by atoms with van der Waals surface area (Å²) >= 11 is 1.33.